The molecule has 7 rings (SSSR count). The Bertz CT molecular complexity index is 1890. The Morgan fingerprint density at radius 2 is 1.61 bits per heavy atom. The molecule has 51 heavy (non-hydrogen) atoms. The molecule has 2 bridgehead atoms. The summed E-state index contributed by atoms with van der Waals surface area (Å²) in [5.41, 5.74) is 4.73. The number of rotatable bonds is 2. The number of amides is 3. The summed E-state index contributed by atoms with van der Waals surface area (Å²) in [5.74, 6) is 0.177. The molecule has 3 aromatic rings. The molecule has 272 valence electrons. The van der Waals surface area contributed by atoms with Gasteiger partial charge >= 0.3 is 18.2 Å². The largest absolute Gasteiger partial charge is 0.444 e. The minimum atomic E-state index is -0.682. The van der Waals surface area contributed by atoms with Crippen LogP contribution < -0.4 is 0 Å². The summed E-state index contributed by atoms with van der Waals surface area (Å²) < 4.78 is 18.8. The van der Waals surface area contributed by atoms with E-state index in [2.05, 4.69) is 11.1 Å². The zero-order chi connectivity index (χ0) is 36.4. The van der Waals surface area contributed by atoms with Crippen LogP contribution in [-0.2, 0) is 32.0 Å². The molecule has 1 aliphatic carbocycles. The molecule has 3 fully saturated rings. The van der Waals surface area contributed by atoms with Gasteiger partial charge in [0.2, 0.25) is 0 Å². The van der Waals surface area contributed by atoms with E-state index in [1.54, 1.807) is 17.3 Å². The fraction of sp³-hybridized carbons (Fsp3) is 0.579. The van der Waals surface area contributed by atoms with Crippen LogP contribution in [0.2, 0.25) is 0 Å². The number of nitrogens with zero attached hydrogens (tertiary/aromatic N) is 6. The lowest BCUT2D eigenvalue weighted by atomic mass is 9.87. The van der Waals surface area contributed by atoms with Crippen LogP contribution in [0.25, 0.3) is 22.4 Å². The second kappa shape index (κ2) is 12.9. The van der Waals surface area contributed by atoms with Crippen molar-refractivity contribution in [2.24, 2.45) is 11.8 Å². The molecule has 2 aromatic heterocycles. The number of benzene rings is 1. The molecule has 3 aliphatic heterocycles. The number of morpholine rings is 1. The van der Waals surface area contributed by atoms with Gasteiger partial charge in [-0.15, -0.1) is 0 Å². The summed E-state index contributed by atoms with van der Waals surface area (Å²) in [4.78, 5) is 68.3. The third kappa shape index (κ3) is 6.92. The molecule has 3 amide bonds. The number of aromatic nitrogens is 3. The summed E-state index contributed by atoms with van der Waals surface area (Å²) in [6.45, 7) is 15.7. The molecule has 4 aliphatic rings. The number of hydrogen-bond acceptors (Lipinski definition) is 9. The van der Waals surface area contributed by atoms with E-state index in [0.29, 0.717) is 68.4 Å². The van der Waals surface area contributed by atoms with E-state index in [1.807, 2.05) is 64.3 Å². The summed E-state index contributed by atoms with van der Waals surface area (Å²) in [7, 11) is 0. The van der Waals surface area contributed by atoms with E-state index in [9.17, 15) is 19.2 Å². The van der Waals surface area contributed by atoms with Crippen LogP contribution in [0.1, 0.15) is 82.7 Å². The minimum Gasteiger partial charge on any atom is -0.444 e. The smallest absolute Gasteiger partial charge is 0.420 e. The van der Waals surface area contributed by atoms with Crippen molar-refractivity contribution in [3.63, 3.8) is 0 Å². The first-order valence-electron chi connectivity index (χ1n) is 18.0. The van der Waals surface area contributed by atoms with Crippen molar-refractivity contribution < 1.29 is 33.4 Å². The van der Waals surface area contributed by atoms with Crippen LogP contribution >= 0.6 is 0 Å². The lowest BCUT2D eigenvalue weighted by Gasteiger charge is -2.41. The van der Waals surface area contributed by atoms with Gasteiger partial charge in [-0.25, -0.2) is 28.9 Å². The highest BCUT2D eigenvalue weighted by molar-refractivity contribution is 5.89. The van der Waals surface area contributed by atoms with Crippen LogP contribution in [0.4, 0.5) is 14.4 Å². The Labute approximate surface area is 298 Å². The highest BCUT2D eigenvalue weighted by Gasteiger charge is 2.43. The molecular weight excluding hydrogens is 652 g/mol. The highest BCUT2D eigenvalue weighted by atomic mass is 16.6. The molecule has 2 saturated heterocycles. The number of urea groups is 1. The van der Waals surface area contributed by atoms with Crippen molar-refractivity contribution in [3.05, 3.63) is 46.8 Å². The number of hydrogen-bond donors (Lipinski definition) is 0. The molecule has 0 radical (unpaired) electrons. The number of carbonyl (C=O) groups is 4. The highest BCUT2D eigenvalue weighted by Crippen LogP contribution is 2.38. The van der Waals surface area contributed by atoms with Crippen LogP contribution in [-0.4, -0.2) is 104 Å². The van der Waals surface area contributed by atoms with Gasteiger partial charge in [-0.1, -0.05) is 0 Å². The van der Waals surface area contributed by atoms with Crippen molar-refractivity contribution in [1.29, 1.82) is 0 Å². The first-order chi connectivity index (χ1) is 24.1. The van der Waals surface area contributed by atoms with Gasteiger partial charge in [-0.3, -0.25) is 9.69 Å². The molecule has 3 atom stereocenters. The van der Waals surface area contributed by atoms with Crippen LogP contribution in [0.15, 0.2) is 24.5 Å². The molecule has 1 saturated carbocycles. The Balaban J connectivity index is 1.27. The fourth-order valence-electron chi connectivity index (χ4n) is 7.78. The van der Waals surface area contributed by atoms with Crippen molar-refractivity contribution in [2.75, 3.05) is 39.4 Å². The van der Waals surface area contributed by atoms with E-state index in [4.69, 9.17) is 19.2 Å². The zero-order valence-electron chi connectivity index (χ0n) is 30.7. The first kappa shape index (κ1) is 34.9. The van der Waals surface area contributed by atoms with Gasteiger partial charge in [0.05, 0.1) is 31.1 Å². The molecule has 1 aromatic carbocycles. The third-order valence-corrected chi connectivity index (χ3v) is 10.1. The lowest BCUT2D eigenvalue weighted by Crippen LogP contribution is -2.52. The Kier molecular flexibility index (Phi) is 8.84. The molecular formula is C38H48N6O7. The number of fused-ring (bicyclic) bond motifs is 4. The van der Waals surface area contributed by atoms with Crippen molar-refractivity contribution >= 4 is 35.2 Å². The molecule has 0 N–H and O–H groups in total. The van der Waals surface area contributed by atoms with Crippen LogP contribution in [0.3, 0.4) is 0 Å². The van der Waals surface area contributed by atoms with E-state index < -0.39 is 29.4 Å². The zero-order valence-corrected chi connectivity index (χ0v) is 30.7. The van der Waals surface area contributed by atoms with Gasteiger partial charge in [0.25, 0.3) is 0 Å². The van der Waals surface area contributed by atoms with Crippen molar-refractivity contribution in [3.8, 4) is 11.3 Å². The van der Waals surface area contributed by atoms with Gasteiger partial charge in [-0.05, 0) is 102 Å². The van der Waals surface area contributed by atoms with E-state index >= 15 is 0 Å². The normalized spacial score (nSPS) is 22.3. The fourth-order valence-corrected chi connectivity index (χ4v) is 7.78. The quantitative estimate of drug-likeness (QED) is 0.321. The number of aryl methyl sites for hydroxylation is 1. The minimum absolute atomic E-state index is 0.0507. The molecule has 0 spiro atoms. The third-order valence-electron chi connectivity index (χ3n) is 10.1. The Morgan fingerprint density at radius 1 is 0.922 bits per heavy atom. The standard InChI is InChI=1S/C38H48N6O7/c1-22-17-44(36(48)51-38(5,6)7)33-31(22)40-29(16-39-33)26-14-23-10-11-41(34(46)42-18-24-8-9-25(19-42)32(24)45)20-28(23)27(15-26)30-21-49-13-12-43(30)35(47)50-37(2,3)4/h14-17,24-25,30H,8-13,18-21H2,1-7H3/t24?,25?,30-/m0/s1. The van der Waals surface area contributed by atoms with Crippen molar-refractivity contribution in [2.45, 2.75) is 91.5 Å². The average Bonchev–Trinajstić information content (AvgIpc) is 3.48. The monoisotopic (exact) mass is 700 g/mol. The van der Waals surface area contributed by atoms with Crippen LogP contribution in [0.5, 0.6) is 0 Å². The summed E-state index contributed by atoms with van der Waals surface area (Å²) in [6, 6.07) is 3.61. The second-order valence-electron chi connectivity index (χ2n) is 16.3. The maximum absolute atomic E-state index is 14.0. The predicted molar refractivity (Wildman–Crippen MR) is 188 cm³/mol. The average molecular weight is 701 g/mol. The van der Waals surface area contributed by atoms with Gasteiger partial charge in [0, 0.05) is 56.3 Å². The molecule has 13 nitrogen and oxygen atoms in total. The molecule has 13 heteroatoms. The number of Topliss-reactive ketones (excluding diaryl/α,β-unsaturated/α-hetero) is 1. The van der Waals surface area contributed by atoms with E-state index in [1.165, 1.54) is 4.57 Å². The number of likely N-dealkylation sites (tertiary alicyclic amines) is 1. The van der Waals surface area contributed by atoms with Gasteiger partial charge in [-0.2, -0.15) is 0 Å². The first-order valence-corrected chi connectivity index (χ1v) is 18.0. The summed E-state index contributed by atoms with van der Waals surface area (Å²) in [5, 5.41) is 0. The second-order valence-corrected chi connectivity index (χ2v) is 16.3. The number of ketones is 1. The number of ether oxygens (including phenoxy) is 3. The number of piperidine rings is 1. The molecule has 2 unspecified atom stereocenters. The van der Waals surface area contributed by atoms with Crippen LogP contribution in [0, 0.1) is 18.8 Å². The van der Waals surface area contributed by atoms with Gasteiger partial charge in [0.1, 0.15) is 22.5 Å². The topological polar surface area (TPSA) is 136 Å². The lowest BCUT2D eigenvalue weighted by molar-refractivity contribution is -0.126. The van der Waals surface area contributed by atoms with E-state index in [-0.39, 0.29) is 24.5 Å². The summed E-state index contributed by atoms with van der Waals surface area (Å²) in [6.07, 6.45) is 4.70. The SMILES string of the molecule is Cc1cn(C(=O)OC(C)(C)C)c2ncc(-c3cc4c(c([C@@H]5COCCN5C(=O)OC(C)(C)C)c3)CN(C(=O)N3CC5CCC(C3)C5=O)CC4)nc12. The van der Waals surface area contributed by atoms with Gasteiger partial charge in [0.15, 0.2) is 5.65 Å². The Morgan fingerprint density at radius 3 is 2.29 bits per heavy atom. The maximum Gasteiger partial charge on any atom is 0.420 e. The maximum atomic E-state index is 14.0. The molecule has 5 heterocycles. The number of carbonyl (C=O) groups excluding carboxylic acids is 4. The van der Waals surface area contributed by atoms with Gasteiger partial charge < -0.3 is 24.0 Å². The predicted octanol–water partition coefficient (Wildman–Crippen LogP) is 5.89. The van der Waals surface area contributed by atoms with Crippen molar-refractivity contribution in [1.82, 2.24) is 29.2 Å². The van der Waals surface area contributed by atoms with E-state index in [0.717, 1.165) is 40.7 Å². The summed E-state index contributed by atoms with van der Waals surface area (Å²) >= 11 is 0. The Hall–Kier alpha value is -4.52.